The first-order valence-electron chi connectivity index (χ1n) is 10.9. The monoisotopic (exact) mass is 471 g/mol. The van der Waals surface area contributed by atoms with E-state index in [0.717, 1.165) is 49.7 Å². The fourth-order valence-corrected chi connectivity index (χ4v) is 3.37. The molecule has 7 nitrogen and oxygen atoms in total. The second kappa shape index (κ2) is 10.9. The van der Waals surface area contributed by atoms with Crippen molar-refractivity contribution in [2.75, 3.05) is 28.6 Å². The van der Waals surface area contributed by atoms with Gasteiger partial charge in [-0.25, -0.2) is 4.98 Å². The number of H-pyrrole nitrogens is 1. The summed E-state index contributed by atoms with van der Waals surface area (Å²) in [5.41, 5.74) is 1.88. The van der Waals surface area contributed by atoms with Crippen LogP contribution in [-0.2, 0) is 6.18 Å². The molecule has 180 valence electrons. The summed E-state index contributed by atoms with van der Waals surface area (Å²) < 4.78 is 39.0. The Morgan fingerprint density at radius 2 is 1.74 bits per heavy atom. The van der Waals surface area contributed by atoms with E-state index >= 15 is 0 Å². The molecule has 34 heavy (non-hydrogen) atoms. The Morgan fingerprint density at radius 3 is 2.35 bits per heavy atom. The predicted molar refractivity (Wildman–Crippen MR) is 130 cm³/mol. The van der Waals surface area contributed by atoms with Gasteiger partial charge in [0.1, 0.15) is 11.5 Å². The van der Waals surface area contributed by atoms with Crippen LogP contribution in [0.1, 0.15) is 43.5 Å². The molecule has 0 aliphatic rings. The van der Waals surface area contributed by atoms with E-state index in [0.29, 0.717) is 17.1 Å². The van der Waals surface area contributed by atoms with Crippen molar-refractivity contribution in [1.82, 2.24) is 20.2 Å². The van der Waals surface area contributed by atoms with E-state index in [1.165, 1.54) is 12.4 Å². The average Bonchev–Trinajstić information content (AvgIpc) is 3.27. The van der Waals surface area contributed by atoms with Crippen LogP contribution in [0.15, 0.2) is 56.1 Å². The summed E-state index contributed by atoms with van der Waals surface area (Å²) in [6, 6.07) is 4.86. The normalized spacial score (nSPS) is 11.2. The summed E-state index contributed by atoms with van der Waals surface area (Å²) in [5, 5.41) is 13.0. The molecule has 0 unspecified atom stereocenters. The molecule has 0 aromatic carbocycles. The minimum atomic E-state index is -4.49. The van der Waals surface area contributed by atoms with Crippen LogP contribution >= 0.6 is 0 Å². The Balaban J connectivity index is 1.69. The molecule has 0 aliphatic carbocycles. The molecule has 3 aromatic heterocycles. The van der Waals surface area contributed by atoms with Crippen LogP contribution < -0.4 is 15.5 Å². The fraction of sp³-hybridized carbons (Fsp3) is 0.292. The number of aromatic nitrogens is 4. The quantitative estimate of drug-likeness (QED) is 0.318. The van der Waals surface area contributed by atoms with Crippen LogP contribution in [0, 0.1) is 0 Å². The number of aromatic amines is 1. The zero-order valence-corrected chi connectivity index (χ0v) is 19.2. The summed E-state index contributed by atoms with van der Waals surface area (Å²) in [4.78, 5) is 10.5. The van der Waals surface area contributed by atoms with E-state index < -0.39 is 11.7 Å². The van der Waals surface area contributed by atoms with Crippen LogP contribution in [0.25, 0.3) is 11.4 Å². The lowest BCUT2D eigenvalue weighted by Gasteiger charge is -2.22. The van der Waals surface area contributed by atoms with Gasteiger partial charge in [0.15, 0.2) is 0 Å². The SMILES string of the molecule is C=C(Nc1cn[nH]c1C(=C)Nc1ccc(N(CCC)CCC)nc1)c1cncc(C(F)(F)F)c1. The van der Waals surface area contributed by atoms with Gasteiger partial charge >= 0.3 is 6.18 Å². The van der Waals surface area contributed by atoms with Crippen molar-refractivity contribution in [3.63, 3.8) is 0 Å². The van der Waals surface area contributed by atoms with E-state index in [4.69, 9.17) is 0 Å². The molecule has 0 spiro atoms. The molecular formula is C24H28F3N7. The highest BCUT2D eigenvalue weighted by molar-refractivity contribution is 5.84. The summed E-state index contributed by atoms with van der Waals surface area (Å²) in [7, 11) is 0. The Bertz CT molecular complexity index is 1110. The number of alkyl halides is 3. The van der Waals surface area contributed by atoms with Gasteiger partial charge in [-0.2, -0.15) is 18.3 Å². The molecule has 0 saturated heterocycles. The largest absolute Gasteiger partial charge is 0.417 e. The van der Waals surface area contributed by atoms with Crippen LogP contribution in [-0.4, -0.2) is 33.3 Å². The molecule has 10 heteroatoms. The Morgan fingerprint density at radius 1 is 1.00 bits per heavy atom. The van der Waals surface area contributed by atoms with Crippen molar-refractivity contribution in [2.24, 2.45) is 0 Å². The highest BCUT2D eigenvalue weighted by Gasteiger charge is 2.31. The first kappa shape index (κ1) is 24.8. The van der Waals surface area contributed by atoms with Gasteiger partial charge in [0.2, 0.25) is 0 Å². The van der Waals surface area contributed by atoms with Gasteiger partial charge in [-0.15, -0.1) is 0 Å². The molecule has 0 bridgehead atoms. The summed E-state index contributed by atoms with van der Waals surface area (Å²) in [6.07, 6.45) is 2.90. The topological polar surface area (TPSA) is 81.8 Å². The highest BCUT2D eigenvalue weighted by Crippen LogP contribution is 2.31. The molecule has 3 rings (SSSR count). The summed E-state index contributed by atoms with van der Waals surface area (Å²) in [5.74, 6) is 0.912. The highest BCUT2D eigenvalue weighted by atomic mass is 19.4. The molecule has 0 saturated carbocycles. The lowest BCUT2D eigenvalue weighted by Crippen LogP contribution is -2.25. The van der Waals surface area contributed by atoms with Crippen molar-refractivity contribution < 1.29 is 13.2 Å². The van der Waals surface area contributed by atoms with Crippen molar-refractivity contribution in [1.29, 1.82) is 0 Å². The number of hydrogen-bond acceptors (Lipinski definition) is 6. The van der Waals surface area contributed by atoms with E-state index in [1.807, 2.05) is 12.1 Å². The number of halogens is 3. The average molecular weight is 472 g/mol. The van der Waals surface area contributed by atoms with E-state index in [9.17, 15) is 13.2 Å². The van der Waals surface area contributed by atoms with Gasteiger partial charge < -0.3 is 15.5 Å². The van der Waals surface area contributed by atoms with Crippen LogP contribution in [0.2, 0.25) is 0 Å². The number of anilines is 3. The molecule has 0 aliphatic heterocycles. The van der Waals surface area contributed by atoms with Gasteiger partial charge in [0.05, 0.1) is 35.0 Å². The van der Waals surface area contributed by atoms with Crippen molar-refractivity contribution >= 4 is 28.6 Å². The van der Waals surface area contributed by atoms with Crippen molar-refractivity contribution in [3.8, 4) is 0 Å². The third-order valence-corrected chi connectivity index (χ3v) is 4.99. The molecule has 0 fully saturated rings. The smallest absolute Gasteiger partial charge is 0.357 e. The molecule has 0 radical (unpaired) electrons. The first-order chi connectivity index (χ1) is 16.2. The van der Waals surface area contributed by atoms with Gasteiger partial charge in [-0.3, -0.25) is 10.1 Å². The Hall–Kier alpha value is -3.82. The van der Waals surface area contributed by atoms with Crippen LogP contribution in [0.4, 0.5) is 30.4 Å². The molecule has 0 atom stereocenters. The molecule has 3 heterocycles. The van der Waals surface area contributed by atoms with Gasteiger partial charge in [-0.05, 0) is 31.0 Å². The van der Waals surface area contributed by atoms with E-state index in [2.05, 4.69) is 62.7 Å². The maximum Gasteiger partial charge on any atom is 0.417 e. The number of pyridine rings is 2. The molecule has 0 amide bonds. The minimum Gasteiger partial charge on any atom is -0.357 e. The molecule has 3 aromatic rings. The maximum absolute atomic E-state index is 13.0. The fourth-order valence-electron chi connectivity index (χ4n) is 3.37. The standard InChI is InChI=1S/C24H28F3N7/c1-5-9-34(10-6-2)22-8-7-20(14-29-22)31-17(4)23-21(15-30-33-23)32-16(3)18-11-19(13-28-12-18)24(25,26)27/h7-8,11-15,31-32H,3-6,9-10H2,1-2H3,(H,30,33). The number of rotatable bonds is 11. The zero-order chi connectivity index (χ0) is 24.7. The maximum atomic E-state index is 13.0. The lowest BCUT2D eigenvalue weighted by molar-refractivity contribution is -0.137. The van der Waals surface area contributed by atoms with Crippen molar-refractivity contribution in [2.45, 2.75) is 32.9 Å². The van der Waals surface area contributed by atoms with Gasteiger partial charge in [-0.1, -0.05) is 27.0 Å². The molecular weight excluding hydrogens is 443 g/mol. The number of nitrogens with one attached hydrogen (secondary N) is 3. The first-order valence-corrected chi connectivity index (χ1v) is 10.9. The lowest BCUT2D eigenvalue weighted by atomic mass is 10.1. The van der Waals surface area contributed by atoms with E-state index in [1.54, 1.807) is 6.20 Å². The Labute approximate surface area is 196 Å². The van der Waals surface area contributed by atoms with Crippen LogP contribution in [0.5, 0.6) is 0 Å². The summed E-state index contributed by atoms with van der Waals surface area (Å²) in [6.45, 7) is 14.0. The Kier molecular flexibility index (Phi) is 7.93. The predicted octanol–water partition coefficient (Wildman–Crippen LogP) is 6.01. The third kappa shape index (κ3) is 6.15. The van der Waals surface area contributed by atoms with E-state index in [-0.39, 0.29) is 11.3 Å². The van der Waals surface area contributed by atoms with Gasteiger partial charge in [0.25, 0.3) is 0 Å². The third-order valence-electron chi connectivity index (χ3n) is 4.99. The second-order valence-electron chi connectivity index (χ2n) is 7.72. The molecule has 3 N–H and O–H groups in total. The minimum absolute atomic E-state index is 0.212. The second-order valence-corrected chi connectivity index (χ2v) is 7.72. The number of hydrogen-bond donors (Lipinski definition) is 3. The van der Waals surface area contributed by atoms with Crippen LogP contribution in [0.3, 0.4) is 0 Å². The summed E-state index contributed by atoms with van der Waals surface area (Å²) >= 11 is 0. The zero-order valence-electron chi connectivity index (χ0n) is 19.2. The van der Waals surface area contributed by atoms with Crippen molar-refractivity contribution in [3.05, 3.63) is 73.0 Å². The van der Waals surface area contributed by atoms with Gasteiger partial charge in [0, 0.05) is 36.7 Å². The number of nitrogens with zero attached hydrogens (tertiary/aromatic N) is 4.